The summed E-state index contributed by atoms with van der Waals surface area (Å²) < 4.78 is 2.06. The molecule has 5 nitrogen and oxygen atoms in total. The van der Waals surface area contributed by atoms with Gasteiger partial charge in [-0.1, -0.05) is 0 Å². The van der Waals surface area contributed by atoms with E-state index in [9.17, 15) is 4.79 Å². The molecule has 0 bridgehead atoms. The molecule has 1 amide bonds. The Morgan fingerprint density at radius 1 is 1.61 bits per heavy atom. The van der Waals surface area contributed by atoms with Crippen molar-refractivity contribution >= 4 is 5.91 Å². The first-order valence-corrected chi connectivity index (χ1v) is 6.59. The third-order valence-corrected chi connectivity index (χ3v) is 3.59. The largest absolute Gasteiger partial charge is 0.341 e. The van der Waals surface area contributed by atoms with Gasteiger partial charge in [-0.15, -0.1) is 0 Å². The highest BCUT2D eigenvalue weighted by Crippen LogP contribution is 2.20. The van der Waals surface area contributed by atoms with Crippen LogP contribution in [0.5, 0.6) is 0 Å². The van der Waals surface area contributed by atoms with Crippen LogP contribution in [0, 0.1) is 5.92 Å². The Balaban J connectivity index is 1.91. The van der Waals surface area contributed by atoms with E-state index in [1.807, 2.05) is 31.4 Å². The number of amides is 1. The minimum absolute atomic E-state index is 0.210. The van der Waals surface area contributed by atoms with Crippen LogP contribution in [0.15, 0.2) is 12.4 Å². The summed E-state index contributed by atoms with van der Waals surface area (Å²) in [4.78, 5) is 18.2. The quantitative estimate of drug-likeness (QED) is 0.842. The molecule has 1 aliphatic rings. The normalized spacial score (nSPS) is 20.1. The molecule has 1 aliphatic heterocycles. The Kier molecular flexibility index (Phi) is 4.36. The van der Waals surface area contributed by atoms with E-state index in [-0.39, 0.29) is 5.91 Å². The van der Waals surface area contributed by atoms with Gasteiger partial charge in [-0.25, -0.2) is 4.98 Å². The number of nitrogens with zero attached hydrogens (tertiary/aromatic N) is 3. The standard InChI is InChI=1S/C13H22N4O/c1-14-9-13(18)17-6-3-4-11(10-17)8-12-15-5-7-16(12)2/h5,7,11,14H,3-4,6,8-10H2,1-2H3. The maximum Gasteiger partial charge on any atom is 0.236 e. The van der Waals surface area contributed by atoms with E-state index in [2.05, 4.69) is 14.9 Å². The van der Waals surface area contributed by atoms with Crippen molar-refractivity contribution in [2.45, 2.75) is 19.3 Å². The van der Waals surface area contributed by atoms with Gasteiger partial charge in [0.25, 0.3) is 0 Å². The minimum atomic E-state index is 0.210. The highest BCUT2D eigenvalue weighted by Gasteiger charge is 2.24. The highest BCUT2D eigenvalue weighted by atomic mass is 16.2. The number of hydrogen-bond acceptors (Lipinski definition) is 3. The Morgan fingerprint density at radius 3 is 3.11 bits per heavy atom. The third-order valence-electron chi connectivity index (χ3n) is 3.59. The maximum atomic E-state index is 11.9. The van der Waals surface area contributed by atoms with Gasteiger partial charge in [0.2, 0.25) is 5.91 Å². The summed E-state index contributed by atoms with van der Waals surface area (Å²) in [5.74, 6) is 1.87. The summed E-state index contributed by atoms with van der Waals surface area (Å²) in [5.41, 5.74) is 0. The van der Waals surface area contributed by atoms with E-state index >= 15 is 0 Å². The second kappa shape index (κ2) is 6.00. The molecule has 1 unspecified atom stereocenters. The molecule has 1 N–H and O–H groups in total. The lowest BCUT2D eigenvalue weighted by molar-refractivity contribution is -0.131. The Bertz CT molecular complexity index is 401. The van der Waals surface area contributed by atoms with Gasteiger partial charge < -0.3 is 14.8 Å². The first kappa shape index (κ1) is 13.1. The van der Waals surface area contributed by atoms with Crippen molar-refractivity contribution in [2.24, 2.45) is 13.0 Å². The first-order chi connectivity index (χ1) is 8.70. The van der Waals surface area contributed by atoms with Crippen LogP contribution in [0.25, 0.3) is 0 Å². The fourth-order valence-electron chi connectivity index (χ4n) is 2.57. The predicted octanol–water partition coefficient (Wildman–Crippen LogP) is 0.421. The highest BCUT2D eigenvalue weighted by molar-refractivity contribution is 5.78. The molecule has 1 aromatic rings. The zero-order valence-electron chi connectivity index (χ0n) is 11.2. The van der Waals surface area contributed by atoms with Crippen molar-refractivity contribution in [3.63, 3.8) is 0 Å². The molecule has 0 saturated carbocycles. The summed E-state index contributed by atoms with van der Waals surface area (Å²) in [6.07, 6.45) is 7.07. The van der Waals surface area contributed by atoms with Gasteiger partial charge in [0.15, 0.2) is 0 Å². The van der Waals surface area contributed by atoms with E-state index in [4.69, 9.17) is 0 Å². The average molecular weight is 250 g/mol. The average Bonchev–Trinajstić information content (AvgIpc) is 2.76. The fourth-order valence-corrected chi connectivity index (χ4v) is 2.57. The predicted molar refractivity (Wildman–Crippen MR) is 70.1 cm³/mol. The smallest absolute Gasteiger partial charge is 0.236 e. The van der Waals surface area contributed by atoms with Crippen molar-refractivity contribution in [2.75, 3.05) is 26.7 Å². The molecule has 18 heavy (non-hydrogen) atoms. The van der Waals surface area contributed by atoms with E-state index in [1.54, 1.807) is 0 Å². The summed E-state index contributed by atoms with van der Waals surface area (Å²) in [7, 11) is 3.84. The summed E-state index contributed by atoms with van der Waals surface area (Å²) in [6, 6.07) is 0. The van der Waals surface area contributed by atoms with E-state index in [1.165, 1.54) is 6.42 Å². The lowest BCUT2D eigenvalue weighted by Crippen LogP contribution is -2.44. The van der Waals surface area contributed by atoms with Crippen LogP contribution in [0.2, 0.25) is 0 Å². The molecular formula is C13H22N4O. The molecule has 0 spiro atoms. The van der Waals surface area contributed by atoms with Crippen molar-refractivity contribution in [1.29, 1.82) is 0 Å². The number of likely N-dealkylation sites (N-methyl/N-ethyl adjacent to an activating group) is 1. The van der Waals surface area contributed by atoms with Gasteiger partial charge in [0.1, 0.15) is 5.82 Å². The third kappa shape index (κ3) is 3.10. The molecule has 2 heterocycles. The summed E-state index contributed by atoms with van der Waals surface area (Å²) in [6.45, 7) is 2.21. The zero-order valence-corrected chi connectivity index (χ0v) is 11.2. The van der Waals surface area contributed by atoms with E-state index < -0.39 is 0 Å². The van der Waals surface area contributed by atoms with Crippen molar-refractivity contribution < 1.29 is 4.79 Å². The lowest BCUT2D eigenvalue weighted by atomic mass is 9.94. The molecule has 1 fully saturated rings. The summed E-state index contributed by atoms with van der Waals surface area (Å²) >= 11 is 0. The van der Waals surface area contributed by atoms with E-state index in [0.29, 0.717) is 12.5 Å². The van der Waals surface area contributed by atoms with Crippen LogP contribution >= 0.6 is 0 Å². The molecular weight excluding hydrogens is 228 g/mol. The second-order valence-corrected chi connectivity index (χ2v) is 5.04. The second-order valence-electron chi connectivity index (χ2n) is 5.04. The number of hydrogen-bond donors (Lipinski definition) is 1. The van der Waals surface area contributed by atoms with Crippen LogP contribution in [-0.2, 0) is 18.3 Å². The van der Waals surface area contributed by atoms with E-state index in [0.717, 1.165) is 31.8 Å². The van der Waals surface area contributed by atoms with Gasteiger partial charge >= 0.3 is 0 Å². The Morgan fingerprint density at radius 2 is 2.44 bits per heavy atom. The molecule has 100 valence electrons. The molecule has 2 rings (SSSR count). The van der Waals surface area contributed by atoms with Crippen molar-refractivity contribution in [3.05, 3.63) is 18.2 Å². The monoisotopic (exact) mass is 250 g/mol. The van der Waals surface area contributed by atoms with Crippen LogP contribution < -0.4 is 5.32 Å². The lowest BCUT2D eigenvalue weighted by Gasteiger charge is -2.32. The minimum Gasteiger partial charge on any atom is -0.341 e. The molecule has 0 radical (unpaired) electrons. The molecule has 1 aromatic heterocycles. The van der Waals surface area contributed by atoms with Crippen LogP contribution in [0.4, 0.5) is 0 Å². The SMILES string of the molecule is CNCC(=O)N1CCCC(Cc2nccn2C)C1. The zero-order chi connectivity index (χ0) is 13.0. The van der Waals surface area contributed by atoms with Gasteiger partial charge in [-0.3, -0.25) is 4.79 Å². The van der Waals surface area contributed by atoms with Crippen molar-refractivity contribution in [3.8, 4) is 0 Å². The topological polar surface area (TPSA) is 50.2 Å². The van der Waals surface area contributed by atoms with Crippen LogP contribution in [0.1, 0.15) is 18.7 Å². The fraction of sp³-hybridized carbons (Fsp3) is 0.692. The number of piperidine rings is 1. The van der Waals surface area contributed by atoms with Gasteiger partial charge in [-0.05, 0) is 25.8 Å². The van der Waals surface area contributed by atoms with Crippen LogP contribution in [-0.4, -0.2) is 47.0 Å². The maximum absolute atomic E-state index is 11.9. The Labute approximate surface area is 108 Å². The van der Waals surface area contributed by atoms with Gasteiger partial charge in [0, 0.05) is 39.0 Å². The number of aryl methyl sites for hydroxylation is 1. The number of rotatable bonds is 4. The molecule has 1 atom stereocenters. The van der Waals surface area contributed by atoms with Crippen molar-refractivity contribution in [1.82, 2.24) is 19.8 Å². The van der Waals surface area contributed by atoms with Gasteiger partial charge in [0.05, 0.1) is 6.54 Å². The van der Waals surface area contributed by atoms with Gasteiger partial charge in [-0.2, -0.15) is 0 Å². The number of imidazole rings is 1. The number of carbonyl (C=O) groups excluding carboxylic acids is 1. The van der Waals surface area contributed by atoms with Crippen LogP contribution in [0.3, 0.4) is 0 Å². The summed E-state index contributed by atoms with van der Waals surface area (Å²) in [5, 5.41) is 2.93. The first-order valence-electron chi connectivity index (χ1n) is 6.59. The number of nitrogens with one attached hydrogen (secondary N) is 1. The molecule has 0 aromatic carbocycles. The number of aromatic nitrogens is 2. The molecule has 5 heteroatoms. The molecule has 0 aliphatic carbocycles. The Hall–Kier alpha value is -1.36. The number of carbonyl (C=O) groups is 1. The number of likely N-dealkylation sites (tertiary alicyclic amines) is 1. The molecule has 1 saturated heterocycles.